The molecule has 0 unspecified atom stereocenters. The summed E-state index contributed by atoms with van der Waals surface area (Å²) in [4.78, 5) is 30.3. The van der Waals surface area contributed by atoms with Crippen LogP contribution in [0.25, 0.3) is 15.9 Å². The first-order chi connectivity index (χ1) is 15.4. The first kappa shape index (κ1) is 21.7. The summed E-state index contributed by atoms with van der Waals surface area (Å²) < 4.78 is 9.61. The molecular formula is C24H24N4O3S. The zero-order valence-electron chi connectivity index (χ0n) is 18.5. The maximum Gasteiger partial charge on any atom is 0.326 e. The lowest BCUT2D eigenvalue weighted by molar-refractivity contribution is -0.143. The molecule has 0 radical (unpaired) electrons. The van der Waals surface area contributed by atoms with Gasteiger partial charge in [-0.25, -0.2) is 4.68 Å². The molecule has 0 aliphatic rings. The van der Waals surface area contributed by atoms with E-state index in [0.29, 0.717) is 22.7 Å². The van der Waals surface area contributed by atoms with E-state index in [0.717, 1.165) is 27.0 Å². The van der Waals surface area contributed by atoms with Crippen LogP contribution < -0.4 is 4.80 Å². The van der Waals surface area contributed by atoms with Crippen LogP contribution in [0.5, 0.6) is 0 Å². The van der Waals surface area contributed by atoms with Crippen molar-refractivity contribution >= 4 is 33.4 Å². The molecule has 0 bridgehead atoms. The van der Waals surface area contributed by atoms with Gasteiger partial charge in [0, 0.05) is 0 Å². The number of esters is 1. The Hall–Kier alpha value is -3.52. The zero-order chi connectivity index (χ0) is 22.8. The van der Waals surface area contributed by atoms with E-state index in [1.54, 1.807) is 16.2 Å². The highest BCUT2D eigenvalue weighted by molar-refractivity contribution is 7.16. The summed E-state index contributed by atoms with van der Waals surface area (Å²) in [5, 5.41) is 4.37. The van der Waals surface area contributed by atoms with Crippen molar-refractivity contribution in [3.8, 4) is 5.69 Å². The Balaban J connectivity index is 1.81. The molecule has 1 amide bonds. The lowest BCUT2D eigenvalue weighted by Crippen LogP contribution is -2.23. The molecule has 7 nitrogen and oxygen atoms in total. The quantitative estimate of drug-likeness (QED) is 0.430. The molecule has 2 aromatic carbocycles. The lowest BCUT2D eigenvalue weighted by Gasteiger charge is -2.06. The molecule has 0 aliphatic heterocycles. The Kier molecular flexibility index (Phi) is 6.05. The van der Waals surface area contributed by atoms with E-state index < -0.39 is 5.91 Å². The molecule has 0 fully saturated rings. The molecule has 2 aromatic heterocycles. The van der Waals surface area contributed by atoms with Crippen LogP contribution in [0.2, 0.25) is 0 Å². The van der Waals surface area contributed by atoms with Gasteiger partial charge in [0.15, 0.2) is 4.80 Å². The van der Waals surface area contributed by atoms with E-state index in [9.17, 15) is 9.59 Å². The summed E-state index contributed by atoms with van der Waals surface area (Å²) in [7, 11) is 0. The highest BCUT2D eigenvalue weighted by Crippen LogP contribution is 2.24. The number of benzene rings is 2. The fraction of sp³-hybridized carbons (Fsp3) is 0.250. The van der Waals surface area contributed by atoms with Crippen molar-refractivity contribution in [2.75, 3.05) is 6.61 Å². The molecule has 0 aliphatic carbocycles. The molecule has 4 rings (SSSR count). The third-order valence-electron chi connectivity index (χ3n) is 5.15. The van der Waals surface area contributed by atoms with Crippen LogP contribution in [0.15, 0.2) is 53.7 Å². The van der Waals surface area contributed by atoms with Crippen LogP contribution in [0, 0.1) is 20.8 Å². The van der Waals surface area contributed by atoms with Gasteiger partial charge in [-0.2, -0.15) is 10.1 Å². The SMILES string of the molecule is CCOC(=O)Cn1c(=NC(=O)c2cnn(-c3ccccc3)c2C)sc2c(C)cc(C)cc21. The number of hydrogen-bond acceptors (Lipinski definition) is 5. The van der Waals surface area contributed by atoms with Crippen molar-refractivity contribution in [1.82, 2.24) is 14.3 Å². The van der Waals surface area contributed by atoms with Gasteiger partial charge < -0.3 is 9.30 Å². The number of para-hydroxylation sites is 1. The highest BCUT2D eigenvalue weighted by atomic mass is 32.1. The van der Waals surface area contributed by atoms with Gasteiger partial charge in [-0.15, -0.1) is 0 Å². The minimum absolute atomic E-state index is 0.00882. The Morgan fingerprint density at radius 3 is 2.59 bits per heavy atom. The molecule has 4 aromatic rings. The van der Waals surface area contributed by atoms with Gasteiger partial charge >= 0.3 is 5.97 Å². The average molecular weight is 449 g/mol. The Labute approximate surface area is 189 Å². The van der Waals surface area contributed by atoms with E-state index in [-0.39, 0.29) is 12.5 Å². The van der Waals surface area contributed by atoms with Gasteiger partial charge in [0.1, 0.15) is 6.54 Å². The fourth-order valence-electron chi connectivity index (χ4n) is 3.68. The van der Waals surface area contributed by atoms with E-state index in [4.69, 9.17) is 4.74 Å². The molecular weight excluding hydrogens is 424 g/mol. The number of amides is 1. The highest BCUT2D eigenvalue weighted by Gasteiger charge is 2.17. The molecule has 8 heteroatoms. The van der Waals surface area contributed by atoms with Gasteiger partial charge in [0.05, 0.1) is 40.0 Å². The van der Waals surface area contributed by atoms with Crippen molar-refractivity contribution in [1.29, 1.82) is 0 Å². The predicted octanol–water partition coefficient (Wildman–Crippen LogP) is 4.12. The summed E-state index contributed by atoms with van der Waals surface area (Å²) in [6.45, 7) is 7.91. The molecule has 2 heterocycles. The number of hydrogen-bond donors (Lipinski definition) is 0. The van der Waals surface area contributed by atoms with Crippen LogP contribution in [0.4, 0.5) is 0 Å². The molecule has 0 atom stereocenters. The summed E-state index contributed by atoms with van der Waals surface area (Å²) in [6, 6.07) is 13.7. The third-order valence-corrected chi connectivity index (χ3v) is 6.37. The predicted molar refractivity (Wildman–Crippen MR) is 124 cm³/mol. The second-order valence-electron chi connectivity index (χ2n) is 7.51. The number of ether oxygens (including phenoxy) is 1. The number of carbonyl (C=O) groups excluding carboxylic acids is 2. The second kappa shape index (κ2) is 8.92. The van der Waals surface area contributed by atoms with E-state index in [1.165, 1.54) is 17.5 Å². The Morgan fingerprint density at radius 1 is 1.12 bits per heavy atom. The van der Waals surface area contributed by atoms with Crippen molar-refractivity contribution in [3.63, 3.8) is 0 Å². The van der Waals surface area contributed by atoms with E-state index in [1.807, 2.05) is 57.2 Å². The topological polar surface area (TPSA) is 78.5 Å². The number of fused-ring (bicyclic) bond motifs is 1. The summed E-state index contributed by atoms with van der Waals surface area (Å²) in [5.74, 6) is -0.767. The number of aryl methyl sites for hydroxylation is 2. The number of rotatable bonds is 5. The van der Waals surface area contributed by atoms with Gasteiger partial charge in [-0.1, -0.05) is 35.6 Å². The average Bonchev–Trinajstić information content (AvgIpc) is 3.30. The first-order valence-electron chi connectivity index (χ1n) is 10.3. The van der Waals surface area contributed by atoms with Crippen LogP contribution in [0.1, 0.15) is 34.1 Å². The fourth-order valence-corrected chi connectivity index (χ4v) is 4.76. The van der Waals surface area contributed by atoms with Gasteiger partial charge in [-0.05, 0) is 57.0 Å². The maximum absolute atomic E-state index is 13.1. The van der Waals surface area contributed by atoms with Crippen LogP contribution in [-0.4, -0.2) is 32.8 Å². The minimum atomic E-state index is -0.400. The molecule has 0 spiro atoms. The number of aromatic nitrogens is 3. The van der Waals surface area contributed by atoms with Crippen molar-refractivity contribution in [2.45, 2.75) is 34.2 Å². The van der Waals surface area contributed by atoms with Gasteiger partial charge in [-0.3, -0.25) is 9.59 Å². The monoisotopic (exact) mass is 448 g/mol. The Bertz CT molecular complexity index is 1380. The molecule has 0 N–H and O–H groups in total. The van der Waals surface area contributed by atoms with Crippen LogP contribution in [-0.2, 0) is 16.1 Å². The first-order valence-corrected chi connectivity index (χ1v) is 11.2. The second-order valence-corrected chi connectivity index (χ2v) is 8.49. The van der Waals surface area contributed by atoms with Crippen LogP contribution >= 0.6 is 11.3 Å². The van der Waals surface area contributed by atoms with E-state index >= 15 is 0 Å². The number of nitrogens with zero attached hydrogens (tertiary/aromatic N) is 4. The zero-order valence-corrected chi connectivity index (χ0v) is 19.3. The maximum atomic E-state index is 13.1. The molecule has 32 heavy (non-hydrogen) atoms. The largest absolute Gasteiger partial charge is 0.465 e. The lowest BCUT2D eigenvalue weighted by atomic mass is 10.1. The summed E-state index contributed by atoms with van der Waals surface area (Å²) >= 11 is 1.39. The molecule has 0 saturated carbocycles. The number of carbonyl (C=O) groups is 2. The molecule has 164 valence electrons. The minimum Gasteiger partial charge on any atom is -0.465 e. The van der Waals surface area contributed by atoms with Crippen molar-refractivity contribution < 1.29 is 14.3 Å². The summed E-state index contributed by atoms with van der Waals surface area (Å²) in [5.41, 5.74) is 5.00. The van der Waals surface area contributed by atoms with Crippen molar-refractivity contribution in [2.24, 2.45) is 4.99 Å². The third kappa shape index (κ3) is 4.13. The van der Waals surface area contributed by atoms with Crippen LogP contribution in [0.3, 0.4) is 0 Å². The normalized spacial score (nSPS) is 11.8. The van der Waals surface area contributed by atoms with Gasteiger partial charge in [0.25, 0.3) is 5.91 Å². The van der Waals surface area contributed by atoms with Crippen molar-refractivity contribution in [3.05, 3.63) is 75.8 Å². The standard InChI is InChI=1S/C24H24N4O3S/c1-5-31-21(29)14-27-20-12-15(2)11-16(3)22(20)32-24(27)26-23(30)19-13-25-28(17(19)4)18-9-7-6-8-10-18/h6-13H,5,14H2,1-4H3. The van der Waals surface area contributed by atoms with Gasteiger partial charge in [0.2, 0.25) is 0 Å². The smallest absolute Gasteiger partial charge is 0.326 e. The molecule has 0 saturated heterocycles. The number of thiazole rings is 1. The summed E-state index contributed by atoms with van der Waals surface area (Å²) in [6.07, 6.45) is 1.53. The Morgan fingerprint density at radius 2 is 1.88 bits per heavy atom. The van der Waals surface area contributed by atoms with E-state index in [2.05, 4.69) is 16.2 Å².